The molecule has 0 unspecified atom stereocenters. The summed E-state index contributed by atoms with van der Waals surface area (Å²) in [7, 11) is 0. The molecule has 0 aliphatic carbocycles. The average molecular weight is 401 g/mol. The quantitative estimate of drug-likeness (QED) is 0.448. The van der Waals surface area contributed by atoms with E-state index in [0.717, 1.165) is 16.7 Å². The van der Waals surface area contributed by atoms with Crippen LogP contribution in [0, 0.1) is 6.92 Å². The summed E-state index contributed by atoms with van der Waals surface area (Å²) in [5.41, 5.74) is 5.75. The van der Waals surface area contributed by atoms with Gasteiger partial charge in [0.25, 0.3) is 11.8 Å². The van der Waals surface area contributed by atoms with E-state index < -0.39 is 5.91 Å². The Morgan fingerprint density at radius 2 is 1.77 bits per heavy atom. The monoisotopic (exact) mass is 401 g/mol. The first-order chi connectivity index (χ1) is 14.6. The number of nitrogens with one attached hydrogen (secondary N) is 2. The molecule has 0 heterocycles. The lowest BCUT2D eigenvalue weighted by Gasteiger charge is -2.07. The molecule has 0 radical (unpaired) electrons. The second-order valence-electron chi connectivity index (χ2n) is 6.69. The maximum absolute atomic E-state index is 12.1. The summed E-state index contributed by atoms with van der Waals surface area (Å²) >= 11 is 0. The normalized spacial score (nSPS) is 10.6. The van der Waals surface area contributed by atoms with Gasteiger partial charge in [-0.1, -0.05) is 60.2 Å². The van der Waals surface area contributed by atoms with Crippen molar-refractivity contribution in [2.24, 2.45) is 5.10 Å². The number of ether oxygens (including phenoxy) is 1. The fourth-order valence-corrected chi connectivity index (χ4v) is 2.69. The number of rotatable bonds is 8. The van der Waals surface area contributed by atoms with Gasteiger partial charge in [0.05, 0.1) is 12.8 Å². The molecular weight excluding hydrogens is 378 g/mol. The van der Waals surface area contributed by atoms with Crippen LogP contribution in [0.15, 0.2) is 84.0 Å². The summed E-state index contributed by atoms with van der Waals surface area (Å²) in [6.07, 6.45) is 1.52. The number of carbonyl (C=O) groups excluding carboxylic acids is 2. The van der Waals surface area contributed by atoms with Crippen molar-refractivity contribution >= 4 is 18.0 Å². The number of hydrogen-bond acceptors (Lipinski definition) is 4. The van der Waals surface area contributed by atoms with Crippen LogP contribution in [-0.4, -0.2) is 24.6 Å². The van der Waals surface area contributed by atoms with Gasteiger partial charge >= 0.3 is 0 Å². The number of aryl methyl sites for hydroxylation is 1. The molecule has 0 spiro atoms. The number of nitrogens with zero attached hydrogens (tertiary/aromatic N) is 1. The second kappa shape index (κ2) is 10.6. The Balaban J connectivity index is 1.45. The Bertz CT molecular complexity index is 1030. The van der Waals surface area contributed by atoms with E-state index in [4.69, 9.17) is 4.74 Å². The lowest BCUT2D eigenvalue weighted by atomic mass is 10.1. The minimum atomic E-state index is -0.413. The van der Waals surface area contributed by atoms with Gasteiger partial charge in [0.1, 0.15) is 12.4 Å². The van der Waals surface area contributed by atoms with Crippen molar-refractivity contribution in [3.05, 3.63) is 101 Å². The van der Waals surface area contributed by atoms with E-state index in [-0.39, 0.29) is 12.5 Å². The van der Waals surface area contributed by atoms with E-state index >= 15 is 0 Å². The highest BCUT2D eigenvalue weighted by Gasteiger charge is 2.07. The van der Waals surface area contributed by atoms with Crippen LogP contribution in [0.4, 0.5) is 0 Å². The van der Waals surface area contributed by atoms with Crippen molar-refractivity contribution in [2.45, 2.75) is 13.5 Å². The topological polar surface area (TPSA) is 79.8 Å². The van der Waals surface area contributed by atoms with E-state index in [1.165, 1.54) is 6.21 Å². The van der Waals surface area contributed by atoms with Crippen LogP contribution in [-0.2, 0) is 11.4 Å². The predicted octanol–water partition coefficient (Wildman–Crippen LogP) is 3.45. The first kappa shape index (κ1) is 20.8. The van der Waals surface area contributed by atoms with E-state index in [9.17, 15) is 9.59 Å². The van der Waals surface area contributed by atoms with Crippen molar-refractivity contribution in [1.82, 2.24) is 10.7 Å². The fraction of sp³-hybridized carbons (Fsp3) is 0.125. The van der Waals surface area contributed by atoms with E-state index in [0.29, 0.717) is 17.9 Å². The van der Waals surface area contributed by atoms with Gasteiger partial charge in [-0.25, -0.2) is 5.43 Å². The third-order valence-electron chi connectivity index (χ3n) is 4.20. The van der Waals surface area contributed by atoms with Crippen LogP contribution < -0.4 is 15.5 Å². The summed E-state index contributed by atoms with van der Waals surface area (Å²) < 4.78 is 5.78. The SMILES string of the molecule is Cc1cccc(C(=O)NCC(=O)NN=Cc2cccc(OCc3ccccc3)c2)c1. The maximum Gasteiger partial charge on any atom is 0.259 e. The summed E-state index contributed by atoms with van der Waals surface area (Å²) in [6.45, 7) is 2.21. The predicted molar refractivity (Wildman–Crippen MR) is 116 cm³/mol. The molecule has 2 amide bonds. The summed E-state index contributed by atoms with van der Waals surface area (Å²) in [6, 6.07) is 24.4. The minimum absolute atomic E-state index is 0.162. The first-order valence-corrected chi connectivity index (χ1v) is 9.54. The van der Waals surface area contributed by atoms with Crippen LogP contribution in [0.5, 0.6) is 5.75 Å². The standard InChI is InChI=1S/C24H23N3O3/c1-18-7-5-11-21(13-18)24(29)25-16-23(28)27-26-15-20-10-6-12-22(14-20)30-17-19-8-3-2-4-9-19/h2-15H,16-17H2,1H3,(H,25,29)(H,27,28). The van der Waals surface area contributed by atoms with Gasteiger partial charge < -0.3 is 10.1 Å². The van der Waals surface area contributed by atoms with Crippen molar-refractivity contribution in [2.75, 3.05) is 6.54 Å². The van der Waals surface area contributed by atoms with Gasteiger partial charge in [-0.15, -0.1) is 0 Å². The van der Waals surface area contributed by atoms with Crippen molar-refractivity contribution < 1.29 is 14.3 Å². The fourth-order valence-electron chi connectivity index (χ4n) is 2.69. The largest absolute Gasteiger partial charge is 0.489 e. The molecule has 152 valence electrons. The minimum Gasteiger partial charge on any atom is -0.489 e. The zero-order valence-electron chi connectivity index (χ0n) is 16.7. The Hall–Kier alpha value is -3.93. The van der Waals surface area contributed by atoms with Crippen molar-refractivity contribution in [1.29, 1.82) is 0 Å². The molecule has 0 saturated heterocycles. The number of hydrazone groups is 1. The molecule has 2 N–H and O–H groups in total. The third-order valence-corrected chi connectivity index (χ3v) is 4.20. The van der Waals surface area contributed by atoms with Crippen LogP contribution in [0.2, 0.25) is 0 Å². The Morgan fingerprint density at radius 3 is 2.57 bits per heavy atom. The molecule has 3 rings (SSSR count). The van der Waals surface area contributed by atoms with Gasteiger partial charge in [-0.05, 0) is 42.3 Å². The van der Waals surface area contributed by atoms with Crippen LogP contribution in [0.3, 0.4) is 0 Å². The molecular formula is C24H23N3O3. The molecule has 0 aliphatic rings. The van der Waals surface area contributed by atoms with Crippen molar-refractivity contribution in [3.8, 4) is 5.75 Å². The molecule has 3 aromatic carbocycles. The molecule has 0 bridgehead atoms. The molecule has 6 heteroatoms. The maximum atomic E-state index is 12.1. The Morgan fingerprint density at radius 1 is 0.967 bits per heavy atom. The van der Waals surface area contributed by atoms with Crippen LogP contribution in [0.1, 0.15) is 27.0 Å². The van der Waals surface area contributed by atoms with Crippen LogP contribution >= 0.6 is 0 Å². The summed E-state index contributed by atoms with van der Waals surface area (Å²) in [5.74, 6) is -0.00983. The molecule has 0 aromatic heterocycles. The zero-order chi connectivity index (χ0) is 21.2. The first-order valence-electron chi connectivity index (χ1n) is 9.54. The van der Waals surface area contributed by atoms with Crippen molar-refractivity contribution in [3.63, 3.8) is 0 Å². The number of benzene rings is 3. The number of hydrogen-bond donors (Lipinski definition) is 2. The van der Waals surface area contributed by atoms with E-state index in [2.05, 4.69) is 15.8 Å². The van der Waals surface area contributed by atoms with Gasteiger partial charge in [0.15, 0.2) is 0 Å². The van der Waals surface area contributed by atoms with Gasteiger partial charge in [0.2, 0.25) is 0 Å². The third kappa shape index (κ3) is 6.60. The van der Waals surface area contributed by atoms with Gasteiger partial charge in [-0.2, -0.15) is 5.10 Å². The molecule has 0 fully saturated rings. The summed E-state index contributed by atoms with van der Waals surface area (Å²) in [5, 5.41) is 6.51. The lowest BCUT2D eigenvalue weighted by Crippen LogP contribution is -2.34. The number of carbonyl (C=O) groups is 2. The zero-order valence-corrected chi connectivity index (χ0v) is 16.7. The average Bonchev–Trinajstić information content (AvgIpc) is 2.77. The smallest absolute Gasteiger partial charge is 0.259 e. The van der Waals surface area contributed by atoms with E-state index in [1.54, 1.807) is 18.2 Å². The summed E-state index contributed by atoms with van der Waals surface area (Å²) in [4.78, 5) is 24.0. The van der Waals surface area contributed by atoms with Gasteiger partial charge in [-0.3, -0.25) is 9.59 Å². The van der Waals surface area contributed by atoms with Crippen LogP contribution in [0.25, 0.3) is 0 Å². The molecule has 0 aliphatic heterocycles. The van der Waals surface area contributed by atoms with E-state index in [1.807, 2.05) is 67.6 Å². The highest BCUT2D eigenvalue weighted by Crippen LogP contribution is 2.14. The highest BCUT2D eigenvalue weighted by atomic mass is 16.5. The molecule has 30 heavy (non-hydrogen) atoms. The highest BCUT2D eigenvalue weighted by molar-refractivity contribution is 5.96. The molecule has 3 aromatic rings. The Kier molecular flexibility index (Phi) is 7.33. The molecule has 6 nitrogen and oxygen atoms in total. The molecule has 0 atom stereocenters. The second-order valence-corrected chi connectivity index (χ2v) is 6.69. The van der Waals surface area contributed by atoms with Gasteiger partial charge in [0, 0.05) is 5.56 Å². The number of amides is 2. The molecule has 0 saturated carbocycles. The Labute approximate surface area is 175 Å². The lowest BCUT2D eigenvalue weighted by molar-refractivity contribution is -0.120.